The number of nitrogens with one attached hydrogen (secondary N) is 1. The first-order chi connectivity index (χ1) is 12.2. The molecule has 4 bridgehead atoms. The number of aliphatic hydroxyl groups excluding tert-OH is 1. The van der Waals surface area contributed by atoms with Gasteiger partial charge in [-0.25, -0.2) is 0 Å². The second kappa shape index (κ2) is 5.75. The maximum atomic E-state index is 10.2. The minimum absolute atomic E-state index is 0.246. The van der Waals surface area contributed by atoms with Gasteiger partial charge in [-0.15, -0.1) is 0 Å². The number of H-pyrrole nitrogens is 1. The molecule has 1 aliphatic carbocycles. The molecule has 3 aliphatic heterocycles. The van der Waals surface area contributed by atoms with Crippen LogP contribution in [0.1, 0.15) is 43.4 Å². The van der Waals surface area contributed by atoms with E-state index in [-0.39, 0.29) is 12.6 Å². The van der Waals surface area contributed by atoms with Crippen LogP contribution in [0.25, 0.3) is 10.9 Å². The summed E-state index contributed by atoms with van der Waals surface area (Å²) in [6.07, 6.45) is 4.85. The van der Waals surface area contributed by atoms with Gasteiger partial charge in [0, 0.05) is 41.1 Å². The molecule has 0 spiro atoms. The zero-order valence-corrected chi connectivity index (χ0v) is 15.2. The van der Waals surface area contributed by atoms with Gasteiger partial charge in [-0.05, 0) is 54.9 Å². The fraction of sp³-hybridized carbons (Fsp3) is 0.619. The van der Waals surface area contributed by atoms with Crippen LogP contribution in [0, 0.1) is 11.8 Å². The van der Waals surface area contributed by atoms with E-state index in [4.69, 9.17) is 4.74 Å². The van der Waals surface area contributed by atoms with Crippen molar-refractivity contribution in [2.75, 3.05) is 20.3 Å². The van der Waals surface area contributed by atoms with Crippen LogP contribution in [0.3, 0.4) is 0 Å². The zero-order valence-electron chi connectivity index (χ0n) is 15.2. The highest BCUT2D eigenvalue weighted by atomic mass is 16.5. The Hall–Kier alpha value is -1.52. The number of aliphatic hydroxyl groups is 1. The largest absolute Gasteiger partial charge is 0.497 e. The Morgan fingerprint density at radius 3 is 2.96 bits per heavy atom. The van der Waals surface area contributed by atoms with Crippen molar-refractivity contribution in [1.82, 2.24) is 9.88 Å². The summed E-state index contributed by atoms with van der Waals surface area (Å²) in [6, 6.07) is 7.18. The standard InChI is InChI=1S/C21H28N2O2/c1-3-13-6-12-7-18-20-17(8-14(11-24)23(10-12)21(13)18)16-9-15(25-2)4-5-19(16)22-20/h4-5,9,12-14,18,21-22,24H,3,6-8,10-11H2,1-2H3/t12-,13?,14?,18-,21?/m0/s1. The lowest BCUT2D eigenvalue weighted by atomic mass is 9.65. The van der Waals surface area contributed by atoms with E-state index in [0.717, 1.165) is 24.0 Å². The van der Waals surface area contributed by atoms with Crippen LogP contribution in [-0.2, 0) is 6.42 Å². The molecular weight excluding hydrogens is 312 g/mol. The van der Waals surface area contributed by atoms with Gasteiger partial charge in [0.05, 0.1) is 13.7 Å². The van der Waals surface area contributed by atoms with Gasteiger partial charge in [0.25, 0.3) is 0 Å². The van der Waals surface area contributed by atoms with Crippen LogP contribution in [0.5, 0.6) is 5.75 Å². The van der Waals surface area contributed by atoms with Crippen molar-refractivity contribution in [2.24, 2.45) is 11.8 Å². The molecule has 4 unspecified atom stereocenters. The third-order valence-electron chi connectivity index (χ3n) is 7.13. The molecule has 3 fully saturated rings. The van der Waals surface area contributed by atoms with Gasteiger partial charge in [-0.1, -0.05) is 13.3 Å². The third-order valence-corrected chi connectivity index (χ3v) is 7.13. The summed E-state index contributed by atoms with van der Waals surface area (Å²) in [6.45, 7) is 3.76. The zero-order chi connectivity index (χ0) is 17.1. The van der Waals surface area contributed by atoms with Crippen molar-refractivity contribution < 1.29 is 9.84 Å². The Bertz CT molecular complexity index is 799. The molecule has 0 radical (unpaired) electrons. The maximum absolute atomic E-state index is 10.2. The molecule has 2 N–H and O–H groups in total. The number of hydrogen-bond donors (Lipinski definition) is 2. The summed E-state index contributed by atoms with van der Waals surface area (Å²) in [5, 5.41) is 11.5. The lowest BCUT2D eigenvalue weighted by molar-refractivity contribution is -0.0512. The lowest BCUT2D eigenvalue weighted by Crippen LogP contribution is -2.59. The molecule has 25 heavy (non-hydrogen) atoms. The van der Waals surface area contributed by atoms with Gasteiger partial charge in [-0.3, -0.25) is 4.90 Å². The monoisotopic (exact) mass is 340 g/mol. The topological polar surface area (TPSA) is 48.5 Å². The normalized spacial score (nSPS) is 36.3. The second-order valence-corrected chi connectivity index (χ2v) is 8.27. The highest BCUT2D eigenvalue weighted by Crippen LogP contribution is 2.52. The number of rotatable bonds is 3. The van der Waals surface area contributed by atoms with Gasteiger partial charge in [-0.2, -0.15) is 0 Å². The average Bonchev–Trinajstić information content (AvgIpc) is 2.98. The molecule has 2 aromatic rings. The van der Waals surface area contributed by atoms with E-state index in [0.29, 0.717) is 12.0 Å². The van der Waals surface area contributed by atoms with Gasteiger partial charge < -0.3 is 14.8 Å². The number of aromatic nitrogens is 1. The Morgan fingerprint density at radius 2 is 2.20 bits per heavy atom. The SMILES string of the molecule is CCC1C[C@H]2C[C@H]3c4[nH]c5ccc(OC)cc5c4CC(CO)N(C2)C13. The summed E-state index contributed by atoms with van der Waals surface area (Å²) in [5.41, 5.74) is 4.07. The number of methoxy groups -OCH3 is 1. The number of benzene rings is 1. The third kappa shape index (κ3) is 2.20. The van der Waals surface area contributed by atoms with Crippen molar-refractivity contribution in [3.63, 3.8) is 0 Å². The Morgan fingerprint density at radius 1 is 1.32 bits per heavy atom. The predicted octanol–water partition coefficient (Wildman–Crippen LogP) is 3.30. The van der Waals surface area contributed by atoms with E-state index in [9.17, 15) is 5.11 Å². The van der Waals surface area contributed by atoms with Gasteiger partial charge in [0.2, 0.25) is 0 Å². The van der Waals surface area contributed by atoms with E-state index >= 15 is 0 Å². The van der Waals surface area contributed by atoms with Crippen LogP contribution < -0.4 is 4.74 Å². The van der Waals surface area contributed by atoms with E-state index in [1.165, 1.54) is 48.0 Å². The van der Waals surface area contributed by atoms with Crippen molar-refractivity contribution >= 4 is 10.9 Å². The first kappa shape index (κ1) is 15.7. The molecule has 2 saturated heterocycles. The fourth-order valence-corrected chi connectivity index (χ4v) is 6.08. The predicted molar refractivity (Wildman–Crippen MR) is 99.2 cm³/mol. The Labute approximate surface area is 149 Å². The van der Waals surface area contributed by atoms with Crippen LogP contribution >= 0.6 is 0 Å². The summed E-state index contributed by atoms with van der Waals surface area (Å²) < 4.78 is 5.46. The molecule has 4 heteroatoms. The number of hydrogen-bond acceptors (Lipinski definition) is 3. The molecule has 6 atom stereocenters. The summed E-state index contributed by atoms with van der Waals surface area (Å²) in [5.74, 6) is 3.04. The number of ether oxygens (including phenoxy) is 1. The Kier molecular flexibility index (Phi) is 3.61. The van der Waals surface area contributed by atoms with E-state index in [1.807, 2.05) is 6.07 Å². The minimum atomic E-state index is 0.246. The van der Waals surface area contributed by atoms with Crippen LogP contribution in [-0.4, -0.2) is 47.3 Å². The number of aromatic amines is 1. The van der Waals surface area contributed by atoms with Crippen molar-refractivity contribution in [3.05, 3.63) is 29.5 Å². The van der Waals surface area contributed by atoms with Gasteiger partial charge in [0.1, 0.15) is 5.75 Å². The molecular formula is C21H28N2O2. The molecule has 4 aliphatic rings. The molecule has 0 amide bonds. The first-order valence-corrected chi connectivity index (χ1v) is 9.78. The van der Waals surface area contributed by atoms with Crippen LogP contribution in [0.4, 0.5) is 0 Å². The smallest absolute Gasteiger partial charge is 0.119 e. The van der Waals surface area contributed by atoms with Crippen molar-refractivity contribution in [2.45, 2.75) is 50.6 Å². The molecule has 1 saturated carbocycles. The van der Waals surface area contributed by atoms with E-state index in [2.05, 4.69) is 28.9 Å². The summed E-state index contributed by atoms with van der Waals surface area (Å²) >= 11 is 0. The maximum Gasteiger partial charge on any atom is 0.119 e. The fourth-order valence-electron chi connectivity index (χ4n) is 6.08. The second-order valence-electron chi connectivity index (χ2n) is 8.27. The Balaban J connectivity index is 1.70. The van der Waals surface area contributed by atoms with Gasteiger partial charge in [0.15, 0.2) is 0 Å². The van der Waals surface area contributed by atoms with Crippen molar-refractivity contribution in [3.8, 4) is 5.75 Å². The quantitative estimate of drug-likeness (QED) is 0.901. The lowest BCUT2D eigenvalue weighted by Gasteiger charge is -2.55. The van der Waals surface area contributed by atoms with Crippen LogP contribution in [0.15, 0.2) is 18.2 Å². The van der Waals surface area contributed by atoms with Gasteiger partial charge >= 0.3 is 0 Å². The number of nitrogens with zero attached hydrogens (tertiary/aromatic N) is 1. The molecule has 4 nitrogen and oxygen atoms in total. The molecule has 6 rings (SSSR count). The van der Waals surface area contributed by atoms with E-state index in [1.54, 1.807) is 7.11 Å². The number of fused-ring (bicyclic) bond motifs is 4. The summed E-state index contributed by atoms with van der Waals surface area (Å²) in [7, 11) is 1.73. The molecule has 1 aromatic heterocycles. The highest BCUT2D eigenvalue weighted by molar-refractivity contribution is 5.86. The molecule has 134 valence electrons. The first-order valence-electron chi connectivity index (χ1n) is 9.78. The number of piperidine rings is 2. The average molecular weight is 340 g/mol. The molecule has 1 aromatic carbocycles. The van der Waals surface area contributed by atoms with E-state index < -0.39 is 0 Å². The van der Waals surface area contributed by atoms with Crippen LogP contribution in [0.2, 0.25) is 0 Å². The highest BCUT2D eigenvalue weighted by Gasteiger charge is 2.51. The van der Waals surface area contributed by atoms with Crippen molar-refractivity contribution in [1.29, 1.82) is 0 Å². The molecule has 4 heterocycles. The minimum Gasteiger partial charge on any atom is -0.497 e. The summed E-state index contributed by atoms with van der Waals surface area (Å²) in [4.78, 5) is 6.44.